The summed E-state index contributed by atoms with van der Waals surface area (Å²) in [7, 11) is 1.96. The van der Waals surface area contributed by atoms with Gasteiger partial charge >= 0.3 is 0 Å². The molecule has 0 bridgehead atoms. The maximum absolute atomic E-state index is 13.2. The number of aromatic nitrogens is 2. The van der Waals surface area contributed by atoms with Gasteiger partial charge in [-0.2, -0.15) is 0 Å². The number of hydrogen-bond donors (Lipinski definition) is 5. The van der Waals surface area contributed by atoms with Crippen molar-refractivity contribution in [3.63, 3.8) is 0 Å². The third-order valence-corrected chi connectivity index (χ3v) is 14.5. The van der Waals surface area contributed by atoms with Crippen molar-refractivity contribution in [3.05, 3.63) is 64.8 Å². The zero-order valence-corrected chi connectivity index (χ0v) is 35.3. The number of amides is 6. The molecule has 6 amide bonds. The predicted molar refractivity (Wildman–Crippen MR) is 227 cm³/mol. The lowest BCUT2D eigenvalue weighted by Gasteiger charge is -2.58. The zero-order valence-electron chi connectivity index (χ0n) is 35.3. The average molecular weight is 847 g/mol. The molecule has 5 N–H and O–H groups in total. The molecule has 1 unspecified atom stereocenters. The van der Waals surface area contributed by atoms with Crippen LogP contribution in [0.4, 0.5) is 17.3 Å². The van der Waals surface area contributed by atoms with E-state index >= 15 is 0 Å². The molecular weight excluding hydrogens is 793 g/mol. The van der Waals surface area contributed by atoms with E-state index in [1.54, 1.807) is 30.3 Å². The van der Waals surface area contributed by atoms with Crippen molar-refractivity contribution in [2.45, 2.75) is 102 Å². The summed E-state index contributed by atoms with van der Waals surface area (Å²) < 4.78 is 0. The summed E-state index contributed by atoms with van der Waals surface area (Å²) in [5, 5.41) is 14.8. The van der Waals surface area contributed by atoms with Crippen LogP contribution in [0.3, 0.4) is 0 Å². The predicted octanol–water partition coefficient (Wildman–Crippen LogP) is 3.69. The molecule has 3 aliphatic carbocycles. The van der Waals surface area contributed by atoms with E-state index in [0.717, 1.165) is 88.0 Å². The van der Waals surface area contributed by atoms with Gasteiger partial charge in [0.25, 0.3) is 17.7 Å². The highest BCUT2D eigenvalue weighted by molar-refractivity contribution is 6.23. The molecule has 17 nitrogen and oxygen atoms in total. The van der Waals surface area contributed by atoms with Crippen LogP contribution < -0.4 is 26.6 Å². The van der Waals surface area contributed by atoms with E-state index in [1.807, 2.05) is 14.0 Å². The Bertz CT molecular complexity index is 2300. The molecule has 0 radical (unpaired) electrons. The first kappa shape index (κ1) is 41.4. The number of nitrogens with zero attached hydrogens (tertiary/aromatic N) is 5. The minimum atomic E-state index is -0.986. The van der Waals surface area contributed by atoms with Gasteiger partial charge in [-0.3, -0.25) is 43.8 Å². The molecule has 1 atom stereocenters. The summed E-state index contributed by atoms with van der Waals surface area (Å²) >= 11 is 0. The number of unbranched alkanes of at least 4 members (excludes halogenated alkanes) is 2. The van der Waals surface area contributed by atoms with Crippen molar-refractivity contribution in [3.8, 4) is 0 Å². The highest BCUT2D eigenvalue weighted by Crippen LogP contribution is 2.59. The number of fused-ring (bicyclic) bond motifs is 1. The summed E-state index contributed by atoms with van der Waals surface area (Å²) in [5.74, 6) is -1.68. The van der Waals surface area contributed by atoms with Gasteiger partial charge in [-0.25, -0.2) is 9.97 Å². The van der Waals surface area contributed by atoms with Crippen LogP contribution in [0.1, 0.15) is 111 Å². The quantitative estimate of drug-likeness (QED) is 0.0795. The minimum Gasteiger partial charge on any atom is -0.385 e. The van der Waals surface area contributed by atoms with Crippen molar-refractivity contribution >= 4 is 59.1 Å². The molecule has 3 saturated heterocycles. The molecule has 3 spiro atoms. The van der Waals surface area contributed by atoms with Gasteiger partial charge in [0, 0.05) is 50.8 Å². The van der Waals surface area contributed by atoms with E-state index < -0.39 is 29.7 Å². The number of hydrogen-bond acceptors (Lipinski definition) is 13. The van der Waals surface area contributed by atoms with Crippen molar-refractivity contribution in [1.29, 1.82) is 0 Å². The van der Waals surface area contributed by atoms with Crippen LogP contribution in [-0.4, -0.2) is 111 Å². The Kier molecular flexibility index (Phi) is 10.7. The normalized spacial score (nSPS) is 24.4. The highest BCUT2D eigenvalue weighted by Gasteiger charge is 2.55. The first-order valence-electron chi connectivity index (χ1n) is 21.9. The standard InChI is InChI=1S/C45H54N10O7/c1-27(37-40(60)52-45(53(37)2)14-12-43(10-11-43)13-15-45)18-30(23-56)49-34-20-35(48-26-47-34)50-38(58)28-21-44(22-28)24-54(25-44)17-5-3-4-16-46-29-6-7-31-32(19-29)42(62)55(41(31)61)33-8-9-36(57)51-39(33)59/h6-7,18-20,23,26,28,33,46H,3-5,8-17,21-22,24-25H2,1-2H3,(H,52,60)(H,51,57,59)(H2,47,48,49,50,58)/b30-18+,37-27-. The lowest BCUT2D eigenvalue weighted by molar-refractivity contribution is -0.139. The van der Waals surface area contributed by atoms with Crippen LogP contribution in [0.25, 0.3) is 0 Å². The molecule has 7 aliphatic rings. The Morgan fingerprint density at radius 1 is 0.887 bits per heavy atom. The van der Waals surface area contributed by atoms with Crippen LogP contribution in [0.5, 0.6) is 0 Å². The number of carbonyl (C=O) groups excluding carboxylic acids is 7. The monoisotopic (exact) mass is 846 g/mol. The summed E-state index contributed by atoms with van der Waals surface area (Å²) in [6.45, 7) is 5.47. The van der Waals surface area contributed by atoms with Gasteiger partial charge in [0.15, 0.2) is 6.29 Å². The van der Waals surface area contributed by atoms with Crippen LogP contribution in [0.2, 0.25) is 0 Å². The maximum atomic E-state index is 13.2. The molecule has 2 aromatic rings. The molecule has 6 fully saturated rings. The molecule has 62 heavy (non-hydrogen) atoms. The van der Waals surface area contributed by atoms with E-state index in [4.69, 9.17) is 0 Å². The maximum Gasteiger partial charge on any atom is 0.269 e. The molecule has 5 heterocycles. The number of benzene rings is 1. The van der Waals surface area contributed by atoms with Crippen LogP contribution >= 0.6 is 0 Å². The molecule has 326 valence electrons. The Balaban J connectivity index is 0.678. The van der Waals surface area contributed by atoms with Crippen LogP contribution in [-0.2, 0) is 24.0 Å². The summed E-state index contributed by atoms with van der Waals surface area (Å²) in [6.07, 6.45) is 15.2. The number of anilines is 3. The molecule has 4 aliphatic heterocycles. The van der Waals surface area contributed by atoms with Gasteiger partial charge in [-0.1, -0.05) is 6.42 Å². The van der Waals surface area contributed by atoms with Gasteiger partial charge < -0.3 is 31.1 Å². The van der Waals surface area contributed by atoms with Gasteiger partial charge in [0.05, 0.1) is 16.8 Å². The van der Waals surface area contributed by atoms with Crippen molar-refractivity contribution in [2.24, 2.45) is 16.7 Å². The van der Waals surface area contributed by atoms with Crippen molar-refractivity contribution < 1.29 is 33.6 Å². The summed E-state index contributed by atoms with van der Waals surface area (Å²) in [5.41, 5.74) is 3.01. The van der Waals surface area contributed by atoms with Crippen LogP contribution in [0.15, 0.2) is 53.6 Å². The Morgan fingerprint density at radius 3 is 2.31 bits per heavy atom. The molecule has 1 aromatic carbocycles. The second-order valence-electron chi connectivity index (χ2n) is 18.7. The SMILES string of the molecule is CC(/C=C(\C=O)Nc1cc(NC(=O)C2CC3(C2)CN(CCCCCNc2ccc4c(c2)C(=O)N(C2CCC(=O)NC2=O)C4=O)C3)ncn1)=C1\C(=O)NC2(CCC3(CC3)CC2)N1C. The Labute approximate surface area is 359 Å². The lowest BCUT2D eigenvalue weighted by Crippen LogP contribution is -2.63. The van der Waals surface area contributed by atoms with Gasteiger partial charge in [-0.15, -0.1) is 0 Å². The highest BCUT2D eigenvalue weighted by atomic mass is 16.2. The van der Waals surface area contributed by atoms with Gasteiger partial charge in [0.2, 0.25) is 17.7 Å². The second kappa shape index (κ2) is 16.1. The smallest absolute Gasteiger partial charge is 0.269 e. The fraction of sp³-hybridized carbons (Fsp3) is 0.533. The number of carbonyl (C=O) groups is 7. The summed E-state index contributed by atoms with van der Waals surface area (Å²) in [4.78, 5) is 102. The largest absolute Gasteiger partial charge is 0.385 e. The number of imide groups is 2. The Morgan fingerprint density at radius 2 is 1.60 bits per heavy atom. The van der Waals surface area contributed by atoms with E-state index in [2.05, 4.69) is 46.4 Å². The van der Waals surface area contributed by atoms with E-state index in [1.165, 1.54) is 19.2 Å². The molecule has 17 heteroatoms. The van der Waals surface area contributed by atoms with Crippen molar-refractivity contribution in [2.75, 3.05) is 49.2 Å². The third-order valence-electron chi connectivity index (χ3n) is 14.5. The zero-order chi connectivity index (χ0) is 43.4. The third kappa shape index (κ3) is 7.86. The number of likely N-dealkylation sites (tertiary alicyclic amines) is 1. The molecule has 1 aromatic heterocycles. The first-order chi connectivity index (χ1) is 29.8. The number of rotatable bonds is 14. The first-order valence-corrected chi connectivity index (χ1v) is 21.9. The number of piperidine rings is 1. The minimum absolute atomic E-state index is 0.0791. The fourth-order valence-corrected chi connectivity index (χ4v) is 10.7. The number of nitrogens with one attached hydrogen (secondary N) is 5. The number of aldehydes is 1. The number of likely N-dealkylation sites (N-methyl/N-ethyl adjacent to an activating group) is 1. The fourth-order valence-electron chi connectivity index (χ4n) is 10.7. The molecule has 9 rings (SSSR count). The lowest BCUT2D eigenvalue weighted by atomic mass is 9.57. The second-order valence-corrected chi connectivity index (χ2v) is 18.7. The summed E-state index contributed by atoms with van der Waals surface area (Å²) in [6, 6.07) is 5.64. The van der Waals surface area contributed by atoms with Crippen molar-refractivity contribution in [1.82, 2.24) is 35.3 Å². The van der Waals surface area contributed by atoms with E-state index in [0.29, 0.717) is 41.2 Å². The molecule has 3 saturated carbocycles. The molecular formula is C45H54N10O7. The Hall–Kier alpha value is -5.97. The van der Waals surface area contributed by atoms with E-state index in [9.17, 15) is 33.6 Å². The van der Waals surface area contributed by atoms with E-state index in [-0.39, 0.29) is 58.5 Å². The topological polar surface area (TPSA) is 215 Å². The number of allylic oxidation sites excluding steroid dienone is 3. The van der Waals surface area contributed by atoms with Gasteiger partial charge in [0.1, 0.15) is 35.4 Å². The van der Waals surface area contributed by atoms with Gasteiger partial charge in [-0.05, 0) is 125 Å². The van der Waals surface area contributed by atoms with Crippen LogP contribution in [0, 0.1) is 16.7 Å². The average Bonchev–Trinajstić information content (AvgIpc) is 3.87.